The van der Waals surface area contributed by atoms with Gasteiger partial charge in [-0.2, -0.15) is 23.1 Å². The summed E-state index contributed by atoms with van der Waals surface area (Å²) in [5.41, 5.74) is 0.553. The minimum absolute atomic E-state index is 0.00420. The van der Waals surface area contributed by atoms with Gasteiger partial charge in [0, 0.05) is 37.8 Å². The molecule has 2 fully saturated rings. The molecule has 2 atom stereocenters. The maximum atomic E-state index is 14.0. The molecule has 42 heavy (non-hydrogen) atoms. The summed E-state index contributed by atoms with van der Waals surface area (Å²) in [5, 5.41) is -0.350. The molecule has 0 saturated carbocycles. The number of carbonyl (C=O) groups excluding carboxylic acids is 1. The number of benzene rings is 1. The van der Waals surface area contributed by atoms with Gasteiger partial charge in [0.2, 0.25) is 12.5 Å². The predicted molar refractivity (Wildman–Crippen MR) is 154 cm³/mol. The first-order chi connectivity index (χ1) is 20.1. The van der Waals surface area contributed by atoms with Gasteiger partial charge >= 0.3 is 12.2 Å². The number of alkyl halides is 3. The topological polar surface area (TPSA) is 69.4 Å². The lowest BCUT2D eigenvalue weighted by atomic mass is 10.0. The van der Waals surface area contributed by atoms with E-state index in [4.69, 9.17) is 32.9 Å². The Labute approximate surface area is 248 Å². The molecule has 0 unspecified atom stereocenters. The van der Waals surface area contributed by atoms with Crippen molar-refractivity contribution < 1.29 is 22.7 Å². The van der Waals surface area contributed by atoms with E-state index in [9.17, 15) is 18.0 Å². The number of rotatable bonds is 7. The maximum absolute atomic E-state index is 14.0. The Morgan fingerprint density at radius 2 is 2.02 bits per heavy atom. The number of likely N-dealkylation sites (N-methyl/N-ethyl adjacent to an activating group) is 1. The Morgan fingerprint density at radius 1 is 1.21 bits per heavy atom. The minimum atomic E-state index is -4.62. The lowest BCUT2D eigenvalue weighted by Gasteiger charge is -2.41. The molecule has 2 aromatic rings. The molecule has 4 heterocycles. The standard InChI is InChI=1S/C29H33ClF3N7O2/c1-4-25(41)40-14-13-39(16-20(40)15-34-2)27-21-10-12-38(24-9-5-8-22(30)26(24)29(31,32)33)17-23(21)35-28(36-27)42-18-19-7-6-11-37(19)3/h4-5,8-9,19-20H,1,6-7,10-18H2,3H3/t19-,20-/m0/s1. The van der Waals surface area contributed by atoms with Crippen LogP contribution in [0.3, 0.4) is 0 Å². The number of hydrogen-bond donors (Lipinski definition) is 0. The van der Waals surface area contributed by atoms with Crippen molar-refractivity contribution in [1.29, 1.82) is 0 Å². The van der Waals surface area contributed by atoms with E-state index in [1.54, 1.807) is 9.80 Å². The van der Waals surface area contributed by atoms with E-state index >= 15 is 0 Å². The molecule has 0 bridgehead atoms. The summed E-state index contributed by atoms with van der Waals surface area (Å²) in [7, 11) is 2.04. The quantitative estimate of drug-likeness (QED) is 0.345. The summed E-state index contributed by atoms with van der Waals surface area (Å²) >= 11 is 6.03. The van der Waals surface area contributed by atoms with Gasteiger partial charge in [-0.1, -0.05) is 24.2 Å². The second kappa shape index (κ2) is 12.4. The number of likely N-dealkylation sites (tertiary alicyclic amines) is 1. The lowest BCUT2D eigenvalue weighted by Crippen LogP contribution is -2.56. The first kappa shape index (κ1) is 29.9. The molecule has 224 valence electrons. The highest BCUT2D eigenvalue weighted by atomic mass is 35.5. The van der Waals surface area contributed by atoms with Gasteiger partial charge in [-0.15, -0.1) is 0 Å². The number of halogens is 4. The lowest BCUT2D eigenvalue weighted by molar-refractivity contribution is -0.137. The summed E-state index contributed by atoms with van der Waals surface area (Å²) in [6.45, 7) is 14.2. The van der Waals surface area contributed by atoms with Crippen molar-refractivity contribution in [1.82, 2.24) is 19.8 Å². The fraction of sp³-hybridized carbons (Fsp3) is 0.517. The number of hydrogen-bond acceptors (Lipinski definition) is 7. The second-order valence-corrected chi connectivity index (χ2v) is 11.2. The minimum Gasteiger partial charge on any atom is -0.462 e. The normalized spacial score (nSPS) is 21.2. The number of piperazine rings is 1. The summed E-state index contributed by atoms with van der Waals surface area (Å²) in [5.74, 6) is 0.410. The van der Waals surface area contributed by atoms with Crippen LogP contribution in [0.2, 0.25) is 5.02 Å². The van der Waals surface area contributed by atoms with Crippen molar-refractivity contribution in [2.24, 2.45) is 0 Å². The average Bonchev–Trinajstić information content (AvgIpc) is 3.38. The van der Waals surface area contributed by atoms with Crippen molar-refractivity contribution in [3.63, 3.8) is 0 Å². The number of aromatic nitrogens is 2. The predicted octanol–water partition coefficient (Wildman–Crippen LogP) is 4.31. The second-order valence-electron chi connectivity index (χ2n) is 10.8. The van der Waals surface area contributed by atoms with Gasteiger partial charge in [-0.3, -0.25) is 4.79 Å². The summed E-state index contributed by atoms with van der Waals surface area (Å²) < 4.78 is 48.1. The van der Waals surface area contributed by atoms with E-state index in [0.29, 0.717) is 50.7 Å². The highest BCUT2D eigenvalue weighted by Crippen LogP contribution is 2.43. The fourth-order valence-corrected chi connectivity index (χ4v) is 6.33. The maximum Gasteiger partial charge on any atom is 0.419 e. The van der Waals surface area contributed by atoms with Crippen molar-refractivity contribution in [2.75, 3.05) is 62.7 Å². The van der Waals surface area contributed by atoms with Gasteiger partial charge in [-0.25, -0.2) is 6.57 Å². The van der Waals surface area contributed by atoms with Crippen LogP contribution in [0.15, 0.2) is 30.9 Å². The van der Waals surface area contributed by atoms with E-state index in [1.807, 2.05) is 11.9 Å². The van der Waals surface area contributed by atoms with E-state index in [-0.39, 0.29) is 47.8 Å². The Bertz CT molecular complexity index is 1380. The first-order valence-electron chi connectivity index (χ1n) is 13.9. The van der Waals surface area contributed by atoms with E-state index in [1.165, 1.54) is 24.3 Å². The largest absolute Gasteiger partial charge is 0.462 e. The highest BCUT2D eigenvalue weighted by Gasteiger charge is 2.39. The van der Waals surface area contributed by atoms with E-state index in [0.717, 1.165) is 24.9 Å². The number of anilines is 2. The van der Waals surface area contributed by atoms with Crippen molar-refractivity contribution in [2.45, 2.75) is 44.1 Å². The highest BCUT2D eigenvalue weighted by molar-refractivity contribution is 6.31. The van der Waals surface area contributed by atoms with Crippen molar-refractivity contribution in [3.8, 4) is 6.01 Å². The van der Waals surface area contributed by atoms with Crippen molar-refractivity contribution >= 4 is 29.0 Å². The van der Waals surface area contributed by atoms with Crippen LogP contribution in [-0.2, 0) is 23.9 Å². The van der Waals surface area contributed by atoms with Crippen LogP contribution in [0.5, 0.6) is 6.01 Å². The molecular formula is C29H33ClF3N7O2. The molecule has 0 spiro atoms. The zero-order valence-electron chi connectivity index (χ0n) is 23.4. The SMILES string of the molecule is [C-]#[N+]C[C@H]1CN(c2nc(OC[C@@H]3CCCN3C)nc3c2CCN(c2cccc(Cl)c2C(F)(F)F)C3)CCN1C(=O)C=C. The molecule has 1 aromatic carbocycles. The van der Waals surface area contributed by atoms with Crippen LogP contribution in [-0.4, -0.2) is 90.7 Å². The van der Waals surface area contributed by atoms with Gasteiger partial charge < -0.3 is 29.2 Å². The first-order valence-corrected chi connectivity index (χ1v) is 14.3. The Kier molecular flexibility index (Phi) is 8.80. The van der Waals surface area contributed by atoms with Crippen molar-refractivity contribution in [3.05, 3.63) is 64.1 Å². The van der Waals surface area contributed by atoms with Gasteiger partial charge in [0.05, 0.1) is 28.5 Å². The van der Waals surface area contributed by atoms with Gasteiger partial charge in [0.15, 0.2) is 0 Å². The molecule has 9 nitrogen and oxygen atoms in total. The van der Waals surface area contributed by atoms with E-state index in [2.05, 4.69) is 16.3 Å². The van der Waals surface area contributed by atoms with Gasteiger partial charge in [0.25, 0.3) is 0 Å². The smallest absolute Gasteiger partial charge is 0.419 e. The van der Waals surface area contributed by atoms with Gasteiger partial charge in [-0.05, 0) is 51.1 Å². The summed E-state index contributed by atoms with van der Waals surface area (Å²) in [4.78, 5) is 33.1. The molecule has 0 aliphatic carbocycles. The molecule has 3 aliphatic heterocycles. The van der Waals surface area contributed by atoms with Crippen LogP contribution < -0.4 is 14.5 Å². The summed E-state index contributed by atoms with van der Waals surface area (Å²) in [6.07, 6.45) is -0.890. The molecule has 0 radical (unpaired) electrons. The zero-order valence-corrected chi connectivity index (χ0v) is 24.2. The molecule has 0 N–H and O–H groups in total. The Morgan fingerprint density at radius 3 is 2.71 bits per heavy atom. The van der Waals surface area contributed by atoms with E-state index < -0.39 is 11.7 Å². The van der Waals surface area contributed by atoms with Crippen LogP contribution in [0.1, 0.15) is 29.7 Å². The molecule has 1 aromatic heterocycles. The fourth-order valence-electron chi connectivity index (χ4n) is 6.05. The van der Waals surface area contributed by atoms with Crippen LogP contribution in [0.4, 0.5) is 24.7 Å². The molecular weight excluding hydrogens is 571 g/mol. The van der Waals surface area contributed by atoms with Crippen LogP contribution in [0.25, 0.3) is 4.85 Å². The molecule has 1 amide bonds. The Balaban J connectivity index is 1.49. The average molecular weight is 604 g/mol. The number of ether oxygens (including phenoxy) is 1. The summed E-state index contributed by atoms with van der Waals surface area (Å²) in [6, 6.07) is 4.22. The third-order valence-corrected chi connectivity index (χ3v) is 8.57. The van der Waals surface area contributed by atoms with Gasteiger partial charge in [0.1, 0.15) is 18.5 Å². The molecule has 3 aliphatic rings. The van der Waals surface area contributed by atoms with Crippen LogP contribution in [0, 0.1) is 6.57 Å². The number of amides is 1. The van der Waals surface area contributed by atoms with Crippen LogP contribution >= 0.6 is 11.6 Å². The number of fused-ring (bicyclic) bond motifs is 1. The number of carbonyl (C=O) groups is 1. The zero-order chi connectivity index (χ0) is 30.0. The molecule has 13 heteroatoms. The molecule has 2 saturated heterocycles. The third kappa shape index (κ3) is 6.13. The number of nitrogens with zero attached hydrogens (tertiary/aromatic N) is 7. The molecule has 5 rings (SSSR count). The monoisotopic (exact) mass is 603 g/mol. The Hall–Kier alpha value is -3.56. The third-order valence-electron chi connectivity index (χ3n) is 8.26.